The van der Waals surface area contributed by atoms with Crippen LogP contribution in [0, 0.1) is 21.8 Å². The van der Waals surface area contributed by atoms with E-state index < -0.39 is 10.7 Å². The predicted octanol–water partition coefficient (Wildman–Crippen LogP) is 3.17. The maximum absolute atomic E-state index is 14.4. The zero-order chi connectivity index (χ0) is 20.2. The third kappa shape index (κ3) is 4.64. The Kier molecular flexibility index (Phi) is 5.89. The number of piperazine rings is 1. The number of hydrogen-bond donors (Lipinski definition) is 0. The zero-order valence-corrected chi connectivity index (χ0v) is 16.4. The summed E-state index contributed by atoms with van der Waals surface area (Å²) < 4.78 is 14.4. The molecule has 1 aromatic carbocycles. The second-order valence-corrected chi connectivity index (χ2v) is 7.82. The number of benzene rings is 1. The van der Waals surface area contributed by atoms with Crippen LogP contribution in [-0.4, -0.2) is 60.6 Å². The van der Waals surface area contributed by atoms with Crippen LogP contribution in [0.25, 0.3) is 0 Å². The minimum atomic E-state index is -0.559. The van der Waals surface area contributed by atoms with Crippen molar-refractivity contribution < 1.29 is 9.31 Å². The average Bonchev–Trinajstić information content (AvgIpc) is 2.75. The number of nitrogens with zero attached hydrogens (tertiary/aromatic N) is 5. The van der Waals surface area contributed by atoms with Crippen molar-refractivity contribution in [1.29, 1.82) is 0 Å². The van der Waals surface area contributed by atoms with Crippen LogP contribution in [0.15, 0.2) is 42.6 Å². The number of aromatic nitrogens is 1. The summed E-state index contributed by atoms with van der Waals surface area (Å²) in [5, 5.41) is 10.8. The number of rotatable bonds is 5. The molecule has 0 aliphatic carbocycles. The maximum atomic E-state index is 14.4. The average molecular weight is 399 g/mol. The number of pyridine rings is 1. The molecule has 0 N–H and O–H groups in total. The summed E-state index contributed by atoms with van der Waals surface area (Å²) in [4.78, 5) is 21.6. The van der Waals surface area contributed by atoms with Gasteiger partial charge in [-0.15, -0.1) is 0 Å². The summed E-state index contributed by atoms with van der Waals surface area (Å²) in [5.74, 6) is 0.994. The lowest BCUT2D eigenvalue weighted by Gasteiger charge is -2.40. The lowest BCUT2D eigenvalue weighted by atomic mass is 9.96. The van der Waals surface area contributed by atoms with E-state index in [4.69, 9.17) is 0 Å². The van der Waals surface area contributed by atoms with Crippen molar-refractivity contribution in [3.63, 3.8) is 0 Å². The van der Waals surface area contributed by atoms with Gasteiger partial charge in [0, 0.05) is 58.1 Å². The van der Waals surface area contributed by atoms with Gasteiger partial charge in [0.1, 0.15) is 5.82 Å². The van der Waals surface area contributed by atoms with Gasteiger partial charge in [0.05, 0.1) is 16.7 Å². The first-order valence-electron chi connectivity index (χ1n) is 10.2. The van der Waals surface area contributed by atoms with Gasteiger partial charge in [-0.25, -0.2) is 9.37 Å². The number of hydrogen-bond acceptors (Lipinski definition) is 6. The number of non-ortho nitro benzene ring substituents is 1. The van der Waals surface area contributed by atoms with Crippen LogP contribution in [0.1, 0.15) is 12.8 Å². The Morgan fingerprint density at radius 2 is 1.93 bits per heavy atom. The molecule has 2 aliphatic rings. The molecule has 2 fully saturated rings. The lowest BCUT2D eigenvalue weighted by molar-refractivity contribution is -0.385. The molecule has 0 amide bonds. The molecule has 29 heavy (non-hydrogen) atoms. The van der Waals surface area contributed by atoms with E-state index in [-0.39, 0.29) is 5.69 Å². The van der Waals surface area contributed by atoms with Gasteiger partial charge in [-0.2, -0.15) is 0 Å². The van der Waals surface area contributed by atoms with Crippen LogP contribution in [0.4, 0.5) is 21.6 Å². The predicted molar refractivity (Wildman–Crippen MR) is 111 cm³/mol. The third-order valence-corrected chi connectivity index (χ3v) is 5.86. The van der Waals surface area contributed by atoms with Crippen LogP contribution >= 0.6 is 0 Å². The lowest BCUT2D eigenvalue weighted by Crippen LogP contribution is -2.50. The quantitative estimate of drug-likeness (QED) is 0.568. The standard InChI is InChI=1S/C21H26FN5O2/c22-19-14-18(27(28)29)6-7-20(19)26-9-3-4-17(16-26)15-24-10-12-25(13-11-24)21-5-1-2-8-23-21/h1-2,5-8,14,17H,3-4,9-13,15-16H2. The molecule has 1 aromatic heterocycles. The van der Waals surface area contributed by atoms with Crippen LogP contribution in [0.2, 0.25) is 0 Å². The highest BCUT2D eigenvalue weighted by Gasteiger charge is 2.26. The van der Waals surface area contributed by atoms with E-state index in [2.05, 4.69) is 14.8 Å². The van der Waals surface area contributed by atoms with Crippen LogP contribution in [0.5, 0.6) is 0 Å². The van der Waals surface area contributed by atoms with Crippen LogP contribution in [0.3, 0.4) is 0 Å². The molecule has 0 saturated carbocycles. The fraction of sp³-hybridized carbons (Fsp3) is 0.476. The smallest absolute Gasteiger partial charge is 0.272 e. The van der Waals surface area contributed by atoms with Crippen molar-refractivity contribution in [3.05, 3.63) is 58.5 Å². The molecule has 1 atom stereocenters. The minimum Gasteiger partial charge on any atom is -0.369 e. The minimum absolute atomic E-state index is 0.203. The monoisotopic (exact) mass is 399 g/mol. The normalized spacial score (nSPS) is 20.7. The highest BCUT2D eigenvalue weighted by molar-refractivity contribution is 5.52. The first-order valence-corrected chi connectivity index (χ1v) is 10.2. The van der Waals surface area contributed by atoms with E-state index in [1.165, 1.54) is 6.07 Å². The Balaban J connectivity index is 1.32. The Hall–Kier alpha value is -2.74. The van der Waals surface area contributed by atoms with E-state index in [0.717, 1.165) is 70.5 Å². The summed E-state index contributed by atoms with van der Waals surface area (Å²) in [6.45, 7) is 6.50. The first-order chi connectivity index (χ1) is 14.1. The van der Waals surface area contributed by atoms with Gasteiger partial charge in [-0.3, -0.25) is 15.0 Å². The highest BCUT2D eigenvalue weighted by atomic mass is 19.1. The Bertz CT molecular complexity index is 842. The molecule has 2 aliphatic heterocycles. The summed E-state index contributed by atoms with van der Waals surface area (Å²) in [6, 6.07) is 9.95. The number of anilines is 2. The molecule has 1 unspecified atom stereocenters. The second kappa shape index (κ2) is 8.73. The maximum Gasteiger partial charge on any atom is 0.272 e. The van der Waals surface area contributed by atoms with Gasteiger partial charge < -0.3 is 9.80 Å². The Morgan fingerprint density at radius 1 is 1.10 bits per heavy atom. The number of nitro groups is 1. The van der Waals surface area contributed by atoms with Gasteiger partial charge in [-0.1, -0.05) is 6.07 Å². The van der Waals surface area contributed by atoms with E-state index in [1.807, 2.05) is 29.3 Å². The molecule has 0 spiro atoms. The SMILES string of the molecule is O=[N+]([O-])c1ccc(N2CCCC(CN3CCN(c4ccccn4)CC3)C2)c(F)c1. The topological polar surface area (TPSA) is 65.8 Å². The summed E-state index contributed by atoms with van der Waals surface area (Å²) in [6.07, 6.45) is 3.97. The zero-order valence-electron chi connectivity index (χ0n) is 16.4. The Morgan fingerprint density at radius 3 is 2.62 bits per heavy atom. The van der Waals surface area contributed by atoms with E-state index in [1.54, 1.807) is 6.07 Å². The fourth-order valence-corrected chi connectivity index (χ4v) is 4.36. The summed E-state index contributed by atoms with van der Waals surface area (Å²) >= 11 is 0. The van der Waals surface area contributed by atoms with Gasteiger partial charge >= 0.3 is 0 Å². The van der Waals surface area contributed by atoms with Crippen molar-refractivity contribution in [3.8, 4) is 0 Å². The molecule has 3 heterocycles. The number of piperidine rings is 1. The van der Waals surface area contributed by atoms with Crippen molar-refractivity contribution in [2.45, 2.75) is 12.8 Å². The van der Waals surface area contributed by atoms with E-state index >= 15 is 0 Å². The largest absolute Gasteiger partial charge is 0.369 e. The van der Waals surface area contributed by atoms with Gasteiger partial charge in [0.15, 0.2) is 5.82 Å². The van der Waals surface area contributed by atoms with Gasteiger partial charge in [0.2, 0.25) is 0 Å². The van der Waals surface area contributed by atoms with Crippen molar-refractivity contribution in [2.24, 2.45) is 5.92 Å². The molecule has 2 saturated heterocycles. The Labute approximate surface area is 169 Å². The molecule has 0 bridgehead atoms. The third-order valence-electron chi connectivity index (χ3n) is 5.86. The van der Waals surface area contributed by atoms with Gasteiger partial charge in [-0.05, 0) is 37.0 Å². The molecule has 7 nitrogen and oxygen atoms in total. The highest BCUT2D eigenvalue weighted by Crippen LogP contribution is 2.29. The molecule has 2 aromatic rings. The van der Waals surface area contributed by atoms with E-state index in [0.29, 0.717) is 11.6 Å². The number of nitro benzene ring substituents is 1. The molecule has 4 rings (SSSR count). The molecule has 0 radical (unpaired) electrons. The van der Waals surface area contributed by atoms with Crippen molar-refractivity contribution in [2.75, 3.05) is 55.6 Å². The first kappa shape index (κ1) is 19.6. The van der Waals surface area contributed by atoms with Crippen molar-refractivity contribution in [1.82, 2.24) is 9.88 Å². The van der Waals surface area contributed by atoms with Gasteiger partial charge in [0.25, 0.3) is 5.69 Å². The number of halogens is 1. The molecule has 154 valence electrons. The van der Waals surface area contributed by atoms with Crippen LogP contribution < -0.4 is 9.80 Å². The van der Waals surface area contributed by atoms with E-state index in [9.17, 15) is 14.5 Å². The molecular weight excluding hydrogens is 373 g/mol. The fourth-order valence-electron chi connectivity index (χ4n) is 4.36. The second-order valence-electron chi connectivity index (χ2n) is 7.82. The molecular formula is C21H26FN5O2. The molecule has 8 heteroatoms. The van der Waals surface area contributed by atoms with Crippen molar-refractivity contribution >= 4 is 17.2 Å². The summed E-state index contributed by atoms with van der Waals surface area (Å²) in [5.41, 5.74) is 0.269. The summed E-state index contributed by atoms with van der Waals surface area (Å²) in [7, 11) is 0. The van der Waals surface area contributed by atoms with Crippen LogP contribution in [-0.2, 0) is 0 Å².